The van der Waals surface area contributed by atoms with Crippen LogP contribution in [0.4, 0.5) is 9.59 Å². The molecule has 1 saturated carbocycles. The molecule has 6 nitrogen and oxygen atoms in total. The molecule has 1 amide bonds. The summed E-state index contributed by atoms with van der Waals surface area (Å²) in [7, 11) is 0. The number of unbranched alkanes of at least 4 members (excludes halogenated alkanes) is 1. The fourth-order valence-corrected chi connectivity index (χ4v) is 2.44. The second-order valence-electron chi connectivity index (χ2n) is 7.19. The van der Waals surface area contributed by atoms with E-state index in [1.165, 1.54) is 0 Å². The van der Waals surface area contributed by atoms with Crippen molar-refractivity contribution in [2.75, 3.05) is 6.61 Å². The predicted molar refractivity (Wildman–Crippen MR) is 93.8 cm³/mol. The zero-order chi connectivity index (χ0) is 18.4. The Morgan fingerprint density at radius 1 is 1.24 bits per heavy atom. The normalized spacial score (nSPS) is 19.0. The number of carbonyl (C=O) groups is 2. The second kappa shape index (κ2) is 8.23. The number of ether oxygens (including phenoxy) is 3. The standard InChI is InChI=1S/C19H27NO5/c1-5-6-11-23-17(21)20-15-12-14(15)13-9-7-8-10-16(13)24-18(22)25-19(2,3)4/h7-10,14-15H,5-6,11-12H2,1-4H3,(H,20,21). The molecule has 0 saturated heterocycles. The van der Waals surface area contributed by atoms with Gasteiger partial charge >= 0.3 is 12.2 Å². The molecule has 2 unspecified atom stereocenters. The van der Waals surface area contributed by atoms with Crippen molar-refractivity contribution in [3.8, 4) is 5.75 Å². The molecule has 1 aliphatic rings. The first-order chi connectivity index (χ1) is 11.8. The van der Waals surface area contributed by atoms with Gasteiger partial charge in [0.25, 0.3) is 0 Å². The highest BCUT2D eigenvalue weighted by Crippen LogP contribution is 2.44. The zero-order valence-corrected chi connectivity index (χ0v) is 15.3. The molecule has 0 heterocycles. The summed E-state index contributed by atoms with van der Waals surface area (Å²) in [5, 5.41) is 2.85. The van der Waals surface area contributed by atoms with E-state index in [9.17, 15) is 9.59 Å². The molecule has 1 fully saturated rings. The SMILES string of the molecule is CCCCOC(=O)NC1CC1c1ccccc1OC(=O)OC(C)(C)C. The Labute approximate surface area is 148 Å². The van der Waals surface area contributed by atoms with Gasteiger partial charge in [0.15, 0.2) is 0 Å². The minimum Gasteiger partial charge on any atom is -0.450 e. The first-order valence-electron chi connectivity index (χ1n) is 8.73. The largest absolute Gasteiger partial charge is 0.514 e. The number of hydrogen-bond acceptors (Lipinski definition) is 5. The van der Waals surface area contributed by atoms with Gasteiger partial charge < -0.3 is 19.5 Å². The summed E-state index contributed by atoms with van der Waals surface area (Å²) >= 11 is 0. The third-order valence-electron chi connectivity index (χ3n) is 3.73. The molecule has 1 N–H and O–H groups in total. The van der Waals surface area contributed by atoms with Gasteiger partial charge in [0.1, 0.15) is 11.4 Å². The lowest BCUT2D eigenvalue weighted by atomic mass is 10.1. The highest BCUT2D eigenvalue weighted by molar-refractivity contribution is 5.69. The van der Waals surface area contributed by atoms with Crippen LogP contribution in [-0.2, 0) is 9.47 Å². The van der Waals surface area contributed by atoms with Crippen LogP contribution in [0.2, 0.25) is 0 Å². The van der Waals surface area contributed by atoms with Crippen molar-refractivity contribution in [2.45, 2.75) is 64.5 Å². The van der Waals surface area contributed by atoms with Crippen molar-refractivity contribution in [1.82, 2.24) is 5.32 Å². The van der Waals surface area contributed by atoms with Crippen LogP contribution in [0.5, 0.6) is 5.75 Å². The summed E-state index contributed by atoms with van der Waals surface area (Å²) in [5.41, 5.74) is 0.269. The average molecular weight is 349 g/mol. The van der Waals surface area contributed by atoms with Crippen molar-refractivity contribution in [3.05, 3.63) is 29.8 Å². The van der Waals surface area contributed by atoms with Crippen LogP contribution in [0.15, 0.2) is 24.3 Å². The Balaban J connectivity index is 1.91. The summed E-state index contributed by atoms with van der Waals surface area (Å²) < 4.78 is 15.7. The Hall–Kier alpha value is -2.24. The molecule has 0 radical (unpaired) electrons. The molecule has 0 aromatic heterocycles. The van der Waals surface area contributed by atoms with E-state index < -0.39 is 17.8 Å². The van der Waals surface area contributed by atoms with Gasteiger partial charge in [-0.05, 0) is 39.7 Å². The summed E-state index contributed by atoms with van der Waals surface area (Å²) in [5.74, 6) is 0.572. The van der Waals surface area contributed by atoms with E-state index in [1.54, 1.807) is 32.9 Å². The van der Waals surface area contributed by atoms with Crippen LogP contribution in [0, 0.1) is 0 Å². The number of para-hydroxylation sites is 1. The van der Waals surface area contributed by atoms with E-state index in [0.29, 0.717) is 12.4 Å². The lowest BCUT2D eigenvalue weighted by Gasteiger charge is -2.19. The van der Waals surface area contributed by atoms with Gasteiger partial charge in [-0.25, -0.2) is 9.59 Å². The average Bonchev–Trinajstić information content (AvgIpc) is 3.25. The number of nitrogens with one attached hydrogen (secondary N) is 1. The van der Waals surface area contributed by atoms with E-state index in [-0.39, 0.29) is 12.0 Å². The summed E-state index contributed by atoms with van der Waals surface area (Å²) in [6.45, 7) is 7.82. The minimum atomic E-state index is -0.732. The monoisotopic (exact) mass is 349 g/mol. The van der Waals surface area contributed by atoms with Crippen LogP contribution in [-0.4, -0.2) is 30.5 Å². The van der Waals surface area contributed by atoms with Gasteiger partial charge in [-0.1, -0.05) is 31.5 Å². The lowest BCUT2D eigenvalue weighted by Crippen LogP contribution is -2.28. The fraction of sp³-hybridized carbons (Fsp3) is 0.579. The van der Waals surface area contributed by atoms with E-state index in [1.807, 2.05) is 19.1 Å². The minimum absolute atomic E-state index is 0.00230. The molecule has 0 bridgehead atoms. The van der Waals surface area contributed by atoms with Gasteiger partial charge in [-0.2, -0.15) is 0 Å². The highest BCUT2D eigenvalue weighted by atomic mass is 16.7. The molecular formula is C19H27NO5. The molecule has 0 aliphatic heterocycles. The summed E-state index contributed by atoms with van der Waals surface area (Å²) in [4.78, 5) is 23.6. The molecule has 1 aromatic carbocycles. The number of amides is 1. The second-order valence-corrected chi connectivity index (χ2v) is 7.19. The van der Waals surface area contributed by atoms with E-state index in [4.69, 9.17) is 14.2 Å². The third kappa shape index (κ3) is 6.29. The van der Waals surface area contributed by atoms with Crippen LogP contribution in [0.25, 0.3) is 0 Å². The molecule has 6 heteroatoms. The van der Waals surface area contributed by atoms with Crippen molar-refractivity contribution in [1.29, 1.82) is 0 Å². The number of rotatable bonds is 6. The van der Waals surface area contributed by atoms with Gasteiger partial charge in [0, 0.05) is 17.5 Å². The maximum Gasteiger partial charge on any atom is 0.514 e. The quantitative estimate of drug-likeness (QED) is 0.468. The van der Waals surface area contributed by atoms with E-state index in [2.05, 4.69) is 5.32 Å². The van der Waals surface area contributed by atoms with Crippen molar-refractivity contribution >= 4 is 12.2 Å². The van der Waals surface area contributed by atoms with Gasteiger partial charge in [0.05, 0.1) is 6.61 Å². The van der Waals surface area contributed by atoms with Gasteiger partial charge in [0.2, 0.25) is 0 Å². The molecule has 1 aromatic rings. The topological polar surface area (TPSA) is 73.9 Å². The molecule has 2 rings (SSSR count). The highest BCUT2D eigenvalue weighted by Gasteiger charge is 2.41. The van der Waals surface area contributed by atoms with E-state index >= 15 is 0 Å². The number of alkyl carbamates (subject to hydrolysis) is 1. The van der Waals surface area contributed by atoms with Crippen molar-refractivity contribution < 1.29 is 23.8 Å². The van der Waals surface area contributed by atoms with Gasteiger partial charge in [-0.3, -0.25) is 0 Å². The first-order valence-corrected chi connectivity index (χ1v) is 8.73. The molecule has 138 valence electrons. The number of carbonyl (C=O) groups excluding carboxylic acids is 2. The number of hydrogen-bond donors (Lipinski definition) is 1. The Kier molecular flexibility index (Phi) is 6.28. The smallest absolute Gasteiger partial charge is 0.450 e. The molecular weight excluding hydrogens is 322 g/mol. The maximum absolute atomic E-state index is 11.9. The number of benzene rings is 1. The van der Waals surface area contributed by atoms with Gasteiger partial charge in [-0.15, -0.1) is 0 Å². The lowest BCUT2D eigenvalue weighted by molar-refractivity contribution is 0.0204. The molecule has 25 heavy (non-hydrogen) atoms. The predicted octanol–water partition coefficient (Wildman–Crippen LogP) is 4.38. The molecule has 2 atom stereocenters. The Morgan fingerprint density at radius 3 is 2.64 bits per heavy atom. The van der Waals surface area contributed by atoms with Crippen LogP contribution < -0.4 is 10.1 Å². The van der Waals surface area contributed by atoms with Crippen molar-refractivity contribution in [2.24, 2.45) is 0 Å². The summed E-state index contributed by atoms with van der Waals surface area (Å²) in [6, 6.07) is 7.31. The third-order valence-corrected chi connectivity index (χ3v) is 3.73. The summed E-state index contributed by atoms with van der Waals surface area (Å²) in [6.07, 6.45) is 1.50. The van der Waals surface area contributed by atoms with Crippen LogP contribution in [0.3, 0.4) is 0 Å². The molecule has 1 aliphatic carbocycles. The molecule has 0 spiro atoms. The Bertz CT molecular complexity index is 608. The first kappa shape index (κ1) is 19.1. The van der Waals surface area contributed by atoms with Crippen LogP contribution >= 0.6 is 0 Å². The fourth-order valence-electron chi connectivity index (χ4n) is 2.44. The van der Waals surface area contributed by atoms with E-state index in [0.717, 1.165) is 24.8 Å². The zero-order valence-electron chi connectivity index (χ0n) is 15.3. The van der Waals surface area contributed by atoms with Crippen LogP contribution in [0.1, 0.15) is 58.4 Å². The maximum atomic E-state index is 11.9. The van der Waals surface area contributed by atoms with Crippen molar-refractivity contribution in [3.63, 3.8) is 0 Å². The Morgan fingerprint density at radius 2 is 1.96 bits per heavy atom.